The van der Waals surface area contributed by atoms with Gasteiger partial charge in [0, 0.05) is 6.92 Å². The van der Waals surface area contributed by atoms with E-state index in [4.69, 9.17) is 9.47 Å². The van der Waals surface area contributed by atoms with E-state index in [1.165, 1.54) is 6.92 Å². The van der Waals surface area contributed by atoms with E-state index in [0.717, 1.165) is 6.42 Å². The average molecular weight is 230 g/mol. The Morgan fingerprint density at radius 1 is 1.06 bits per heavy atom. The van der Waals surface area contributed by atoms with Crippen LogP contribution >= 0.6 is 0 Å². The van der Waals surface area contributed by atoms with Gasteiger partial charge in [-0.2, -0.15) is 0 Å². The predicted octanol–water partition coefficient (Wildman–Crippen LogP) is 3.03. The smallest absolute Gasteiger partial charge is 0.302 e. The van der Waals surface area contributed by atoms with Crippen molar-refractivity contribution in [2.24, 2.45) is 10.8 Å². The van der Waals surface area contributed by atoms with Crippen molar-refractivity contribution in [3.63, 3.8) is 0 Å². The van der Waals surface area contributed by atoms with Gasteiger partial charge < -0.3 is 9.47 Å². The minimum Gasteiger partial charge on any atom is -0.463 e. The van der Waals surface area contributed by atoms with E-state index in [1.54, 1.807) is 0 Å². The van der Waals surface area contributed by atoms with Gasteiger partial charge >= 0.3 is 5.97 Å². The molecule has 0 saturated heterocycles. The van der Waals surface area contributed by atoms with Crippen molar-refractivity contribution in [2.45, 2.75) is 48.0 Å². The number of hydrogen-bond donors (Lipinski definition) is 0. The Kier molecular flexibility index (Phi) is 6.01. The largest absolute Gasteiger partial charge is 0.463 e. The third-order valence-corrected chi connectivity index (χ3v) is 2.03. The van der Waals surface area contributed by atoms with E-state index in [9.17, 15) is 4.79 Å². The van der Waals surface area contributed by atoms with Crippen molar-refractivity contribution in [3.05, 3.63) is 0 Å². The van der Waals surface area contributed by atoms with Crippen molar-refractivity contribution in [1.82, 2.24) is 0 Å². The molecule has 0 unspecified atom stereocenters. The lowest BCUT2D eigenvalue weighted by molar-refractivity contribution is -0.142. The lowest BCUT2D eigenvalue weighted by atomic mass is 9.77. The number of rotatable bonds is 6. The second kappa shape index (κ2) is 6.24. The summed E-state index contributed by atoms with van der Waals surface area (Å²) in [7, 11) is 0. The summed E-state index contributed by atoms with van der Waals surface area (Å²) in [5, 5.41) is 0. The highest BCUT2D eigenvalue weighted by Gasteiger charge is 2.25. The maximum Gasteiger partial charge on any atom is 0.302 e. The van der Waals surface area contributed by atoms with Crippen molar-refractivity contribution in [2.75, 3.05) is 19.8 Å². The normalized spacial score (nSPS) is 12.6. The van der Waals surface area contributed by atoms with Gasteiger partial charge in [0.15, 0.2) is 0 Å². The maximum absolute atomic E-state index is 10.5. The predicted molar refractivity (Wildman–Crippen MR) is 65.3 cm³/mol. The molecule has 3 nitrogen and oxygen atoms in total. The molecule has 0 atom stereocenters. The van der Waals surface area contributed by atoms with Gasteiger partial charge in [0.1, 0.15) is 6.61 Å². The molecular weight excluding hydrogens is 204 g/mol. The SMILES string of the molecule is CC(=O)OCCOCC(C)(C)CC(C)(C)C. The van der Waals surface area contributed by atoms with E-state index >= 15 is 0 Å². The number of carbonyl (C=O) groups is 1. The summed E-state index contributed by atoms with van der Waals surface area (Å²) < 4.78 is 10.3. The van der Waals surface area contributed by atoms with Gasteiger partial charge in [0.2, 0.25) is 0 Å². The van der Waals surface area contributed by atoms with Crippen LogP contribution in [0.25, 0.3) is 0 Å². The van der Waals surface area contributed by atoms with Gasteiger partial charge in [0.25, 0.3) is 0 Å². The van der Waals surface area contributed by atoms with Gasteiger partial charge in [-0.25, -0.2) is 0 Å². The number of esters is 1. The van der Waals surface area contributed by atoms with E-state index in [0.29, 0.717) is 25.2 Å². The average Bonchev–Trinajstić information content (AvgIpc) is 1.97. The fraction of sp³-hybridized carbons (Fsp3) is 0.923. The minimum atomic E-state index is -0.252. The van der Waals surface area contributed by atoms with Crippen molar-refractivity contribution < 1.29 is 14.3 Å². The minimum absolute atomic E-state index is 0.161. The molecular formula is C13H26O3. The zero-order chi connectivity index (χ0) is 12.8. The van der Waals surface area contributed by atoms with Gasteiger partial charge in [-0.3, -0.25) is 4.79 Å². The molecule has 0 heterocycles. The van der Waals surface area contributed by atoms with Crippen LogP contribution in [-0.4, -0.2) is 25.8 Å². The summed E-state index contributed by atoms with van der Waals surface area (Å²) >= 11 is 0. The monoisotopic (exact) mass is 230 g/mol. The fourth-order valence-electron chi connectivity index (χ4n) is 2.08. The lowest BCUT2D eigenvalue weighted by Gasteiger charge is -2.32. The lowest BCUT2D eigenvalue weighted by Crippen LogP contribution is -2.26. The molecule has 96 valence electrons. The van der Waals surface area contributed by atoms with Crippen molar-refractivity contribution >= 4 is 5.97 Å². The van der Waals surface area contributed by atoms with E-state index in [1.807, 2.05) is 0 Å². The summed E-state index contributed by atoms with van der Waals surface area (Å²) in [4.78, 5) is 10.5. The third-order valence-electron chi connectivity index (χ3n) is 2.03. The highest BCUT2D eigenvalue weighted by atomic mass is 16.6. The Morgan fingerprint density at radius 2 is 1.62 bits per heavy atom. The molecule has 0 aliphatic carbocycles. The zero-order valence-electron chi connectivity index (χ0n) is 11.6. The second-order valence-corrected chi connectivity index (χ2v) is 6.29. The molecule has 0 N–H and O–H groups in total. The molecule has 0 rings (SSSR count). The molecule has 0 bridgehead atoms. The molecule has 0 aliphatic heterocycles. The van der Waals surface area contributed by atoms with Crippen LogP contribution < -0.4 is 0 Å². The Bertz CT molecular complexity index is 214. The Labute approximate surface area is 99.5 Å². The Balaban J connectivity index is 3.70. The molecule has 0 spiro atoms. The van der Waals surface area contributed by atoms with Crippen LogP contribution in [0.5, 0.6) is 0 Å². The fourth-order valence-corrected chi connectivity index (χ4v) is 2.08. The maximum atomic E-state index is 10.5. The van der Waals surface area contributed by atoms with Crippen LogP contribution in [0, 0.1) is 10.8 Å². The molecule has 0 aliphatic rings. The van der Waals surface area contributed by atoms with Crippen LogP contribution in [-0.2, 0) is 14.3 Å². The quantitative estimate of drug-likeness (QED) is 0.519. The van der Waals surface area contributed by atoms with Gasteiger partial charge in [0.05, 0.1) is 13.2 Å². The molecule has 0 aromatic heterocycles. The summed E-state index contributed by atoms with van der Waals surface area (Å²) in [5.74, 6) is -0.252. The first-order chi connectivity index (χ1) is 7.12. The molecule has 3 heteroatoms. The van der Waals surface area contributed by atoms with Crippen molar-refractivity contribution in [1.29, 1.82) is 0 Å². The van der Waals surface area contributed by atoms with Gasteiger partial charge in [-0.05, 0) is 17.3 Å². The summed E-state index contributed by atoms with van der Waals surface area (Å²) in [6.45, 7) is 14.0. The number of hydrogen-bond acceptors (Lipinski definition) is 3. The first kappa shape index (κ1) is 15.4. The topological polar surface area (TPSA) is 35.5 Å². The molecule has 0 radical (unpaired) electrons. The molecule has 0 saturated carbocycles. The summed E-state index contributed by atoms with van der Waals surface area (Å²) in [5.41, 5.74) is 0.469. The highest BCUT2D eigenvalue weighted by molar-refractivity contribution is 5.65. The molecule has 0 aromatic carbocycles. The van der Waals surface area contributed by atoms with Crippen LogP contribution in [0.2, 0.25) is 0 Å². The first-order valence-electron chi connectivity index (χ1n) is 5.83. The molecule has 0 fully saturated rings. The summed E-state index contributed by atoms with van der Waals surface area (Å²) in [6.07, 6.45) is 1.10. The number of carbonyl (C=O) groups excluding carboxylic acids is 1. The third kappa shape index (κ3) is 9.97. The van der Waals surface area contributed by atoms with Gasteiger partial charge in [-0.15, -0.1) is 0 Å². The van der Waals surface area contributed by atoms with E-state index < -0.39 is 0 Å². The van der Waals surface area contributed by atoms with Crippen LogP contribution in [0.3, 0.4) is 0 Å². The van der Waals surface area contributed by atoms with Crippen LogP contribution in [0.15, 0.2) is 0 Å². The van der Waals surface area contributed by atoms with E-state index in [2.05, 4.69) is 34.6 Å². The molecule has 16 heavy (non-hydrogen) atoms. The Morgan fingerprint density at radius 3 is 2.06 bits per heavy atom. The van der Waals surface area contributed by atoms with Crippen LogP contribution in [0.4, 0.5) is 0 Å². The second-order valence-electron chi connectivity index (χ2n) is 6.29. The Hall–Kier alpha value is -0.570. The first-order valence-corrected chi connectivity index (χ1v) is 5.83. The van der Waals surface area contributed by atoms with Gasteiger partial charge in [-0.1, -0.05) is 34.6 Å². The summed E-state index contributed by atoms with van der Waals surface area (Å²) in [6, 6.07) is 0. The molecule has 0 aromatic rings. The zero-order valence-corrected chi connectivity index (χ0v) is 11.6. The van der Waals surface area contributed by atoms with Crippen molar-refractivity contribution in [3.8, 4) is 0 Å². The standard InChI is InChI=1S/C13H26O3/c1-11(14)16-8-7-15-10-13(5,6)9-12(2,3)4/h7-10H2,1-6H3. The molecule has 0 amide bonds. The highest BCUT2D eigenvalue weighted by Crippen LogP contribution is 2.33. The van der Waals surface area contributed by atoms with E-state index in [-0.39, 0.29) is 11.4 Å². The van der Waals surface area contributed by atoms with Crippen LogP contribution in [0.1, 0.15) is 48.0 Å². The number of ether oxygens (including phenoxy) is 2.